The summed E-state index contributed by atoms with van der Waals surface area (Å²) in [6.45, 7) is 0. The molecule has 0 spiro atoms. The predicted molar refractivity (Wildman–Crippen MR) is 51.4 cm³/mol. The van der Waals surface area contributed by atoms with Gasteiger partial charge >= 0.3 is 0 Å². The maximum Gasteiger partial charge on any atom is 0.142 e. The molecule has 0 radical (unpaired) electrons. The van der Waals surface area contributed by atoms with Crippen LogP contribution in [-0.4, -0.2) is 4.57 Å². The summed E-state index contributed by atoms with van der Waals surface area (Å²) in [7, 11) is 1.74. The molecule has 1 heterocycles. The van der Waals surface area contributed by atoms with Gasteiger partial charge in [-0.3, -0.25) is 5.41 Å². The number of nitriles is 1. The summed E-state index contributed by atoms with van der Waals surface area (Å²) >= 11 is 0. The van der Waals surface area contributed by atoms with E-state index in [9.17, 15) is 0 Å². The van der Waals surface area contributed by atoms with Crippen molar-refractivity contribution in [3.05, 3.63) is 29.4 Å². The first-order valence-electron chi connectivity index (χ1n) is 2.86. The van der Waals surface area contributed by atoms with Gasteiger partial charge in [-0.1, -0.05) is 0 Å². The molecular weight excluding hydrogens is 253 g/mol. The first-order chi connectivity index (χ1) is 4.75. The minimum atomic E-state index is 0. The summed E-state index contributed by atoms with van der Waals surface area (Å²) < 4.78 is 1.60. The van der Waals surface area contributed by atoms with E-state index in [4.69, 9.17) is 10.7 Å². The van der Waals surface area contributed by atoms with E-state index >= 15 is 0 Å². The third-order valence-corrected chi connectivity index (χ3v) is 1.30. The zero-order chi connectivity index (χ0) is 7.56. The number of pyridine rings is 1. The highest BCUT2D eigenvalue weighted by atomic mass is 127. The Balaban J connectivity index is 0.000001000. The molecule has 1 aromatic rings. The largest absolute Gasteiger partial charge is 0.335 e. The van der Waals surface area contributed by atoms with E-state index in [1.165, 1.54) is 0 Å². The van der Waals surface area contributed by atoms with Crippen LogP contribution in [0.5, 0.6) is 0 Å². The lowest BCUT2D eigenvalue weighted by Crippen LogP contribution is -2.18. The monoisotopic (exact) mass is 261 g/mol. The van der Waals surface area contributed by atoms with Gasteiger partial charge in [0.15, 0.2) is 0 Å². The minimum Gasteiger partial charge on any atom is -0.335 e. The lowest BCUT2D eigenvalue weighted by atomic mass is 10.3. The van der Waals surface area contributed by atoms with Crippen molar-refractivity contribution in [3.63, 3.8) is 0 Å². The predicted octanol–water partition coefficient (Wildman–Crippen LogP) is 0.994. The molecule has 1 rings (SSSR count). The molecular formula is C7H8IN3. The van der Waals surface area contributed by atoms with Crippen molar-refractivity contribution in [3.8, 4) is 6.07 Å². The Hall–Kier alpha value is -0.830. The number of aryl methyl sites for hydroxylation is 1. The van der Waals surface area contributed by atoms with Crippen LogP contribution < -0.4 is 5.49 Å². The van der Waals surface area contributed by atoms with Crippen molar-refractivity contribution in [2.75, 3.05) is 0 Å². The fraction of sp³-hybridized carbons (Fsp3) is 0.143. The molecule has 0 amide bonds. The lowest BCUT2D eigenvalue weighted by Gasteiger charge is -1.96. The fourth-order valence-electron chi connectivity index (χ4n) is 0.702. The van der Waals surface area contributed by atoms with Crippen LogP contribution in [0.25, 0.3) is 0 Å². The smallest absolute Gasteiger partial charge is 0.142 e. The standard InChI is InChI=1S/C7H7N3.HI/c1-10-4-2-3-6(5-8)7(10)9;/h2-4,9H,1H3;1H. The zero-order valence-corrected chi connectivity index (χ0v) is 8.37. The highest BCUT2D eigenvalue weighted by Crippen LogP contribution is 1.85. The lowest BCUT2D eigenvalue weighted by molar-refractivity contribution is 0.812. The Labute approximate surface area is 81.8 Å². The molecule has 1 N–H and O–H groups in total. The topological polar surface area (TPSA) is 52.6 Å². The fourth-order valence-corrected chi connectivity index (χ4v) is 0.702. The van der Waals surface area contributed by atoms with Crippen LogP contribution in [-0.2, 0) is 7.05 Å². The van der Waals surface area contributed by atoms with Gasteiger partial charge in [-0.05, 0) is 12.1 Å². The van der Waals surface area contributed by atoms with E-state index in [1.807, 2.05) is 6.07 Å². The SMILES string of the molecule is Cn1cccc(C#N)c1=N.I. The van der Waals surface area contributed by atoms with Crippen molar-refractivity contribution in [2.24, 2.45) is 7.05 Å². The molecule has 0 saturated heterocycles. The highest BCUT2D eigenvalue weighted by molar-refractivity contribution is 14.0. The van der Waals surface area contributed by atoms with Crippen molar-refractivity contribution >= 4 is 24.0 Å². The summed E-state index contributed by atoms with van der Waals surface area (Å²) in [5.41, 5.74) is 0.662. The number of halogens is 1. The van der Waals surface area contributed by atoms with E-state index in [1.54, 1.807) is 29.9 Å². The molecule has 1 aromatic heterocycles. The molecule has 3 nitrogen and oxygen atoms in total. The van der Waals surface area contributed by atoms with E-state index in [2.05, 4.69) is 0 Å². The summed E-state index contributed by atoms with van der Waals surface area (Å²) in [6.07, 6.45) is 1.74. The molecule has 0 aromatic carbocycles. The van der Waals surface area contributed by atoms with E-state index in [0.29, 0.717) is 5.56 Å². The van der Waals surface area contributed by atoms with Gasteiger partial charge in [0, 0.05) is 13.2 Å². The van der Waals surface area contributed by atoms with Crippen molar-refractivity contribution < 1.29 is 0 Å². The second-order valence-corrected chi connectivity index (χ2v) is 1.99. The second-order valence-electron chi connectivity index (χ2n) is 1.99. The molecule has 0 bridgehead atoms. The van der Waals surface area contributed by atoms with E-state index < -0.39 is 0 Å². The van der Waals surface area contributed by atoms with Crippen LogP contribution in [0.1, 0.15) is 5.56 Å². The molecule has 0 aliphatic rings. The number of nitrogens with zero attached hydrogens (tertiary/aromatic N) is 2. The van der Waals surface area contributed by atoms with Gasteiger partial charge in [0.1, 0.15) is 11.6 Å². The van der Waals surface area contributed by atoms with Crippen molar-refractivity contribution in [1.29, 1.82) is 10.7 Å². The molecule has 0 aliphatic carbocycles. The normalized spacial score (nSPS) is 8.00. The molecule has 0 fully saturated rings. The summed E-state index contributed by atoms with van der Waals surface area (Å²) in [5.74, 6) is 0. The average Bonchev–Trinajstić information content (AvgIpc) is 1.95. The average molecular weight is 261 g/mol. The molecule has 0 atom stereocenters. The maximum atomic E-state index is 8.46. The Kier molecular flexibility index (Phi) is 3.82. The molecule has 0 unspecified atom stereocenters. The molecule has 0 saturated carbocycles. The number of nitrogens with one attached hydrogen (secondary N) is 1. The van der Waals surface area contributed by atoms with Crippen LogP contribution in [0.3, 0.4) is 0 Å². The summed E-state index contributed by atoms with van der Waals surface area (Å²) in [4.78, 5) is 0. The number of aromatic nitrogens is 1. The van der Waals surface area contributed by atoms with Gasteiger partial charge in [-0.2, -0.15) is 5.26 Å². The molecule has 11 heavy (non-hydrogen) atoms. The second kappa shape index (κ2) is 4.13. The van der Waals surface area contributed by atoms with E-state index in [0.717, 1.165) is 0 Å². The van der Waals surface area contributed by atoms with Crippen LogP contribution in [0.15, 0.2) is 18.3 Å². The van der Waals surface area contributed by atoms with Crippen molar-refractivity contribution in [1.82, 2.24) is 4.57 Å². The van der Waals surface area contributed by atoms with Gasteiger partial charge in [0.05, 0.1) is 5.56 Å². The van der Waals surface area contributed by atoms with Gasteiger partial charge in [-0.15, -0.1) is 24.0 Å². The van der Waals surface area contributed by atoms with Crippen molar-refractivity contribution in [2.45, 2.75) is 0 Å². The Morgan fingerprint density at radius 3 is 2.73 bits per heavy atom. The van der Waals surface area contributed by atoms with Crippen LogP contribution >= 0.6 is 24.0 Å². The first-order valence-corrected chi connectivity index (χ1v) is 2.86. The zero-order valence-electron chi connectivity index (χ0n) is 6.03. The van der Waals surface area contributed by atoms with Gasteiger partial charge < -0.3 is 4.57 Å². The van der Waals surface area contributed by atoms with Gasteiger partial charge in [0.25, 0.3) is 0 Å². The van der Waals surface area contributed by atoms with Crippen LogP contribution in [0.2, 0.25) is 0 Å². The molecule has 58 valence electrons. The quantitative estimate of drug-likeness (QED) is 0.696. The van der Waals surface area contributed by atoms with Crippen LogP contribution in [0.4, 0.5) is 0 Å². The number of rotatable bonds is 0. The highest BCUT2D eigenvalue weighted by Gasteiger charge is 1.91. The number of hydrogen-bond acceptors (Lipinski definition) is 2. The van der Waals surface area contributed by atoms with Gasteiger partial charge in [0.2, 0.25) is 0 Å². The Morgan fingerprint density at radius 2 is 2.27 bits per heavy atom. The molecule has 0 aliphatic heterocycles. The van der Waals surface area contributed by atoms with E-state index in [-0.39, 0.29) is 29.5 Å². The Bertz CT molecular complexity index is 334. The minimum absolute atomic E-state index is 0. The third kappa shape index (κ3) is 2.05. The third-order valence-electron chi connectivity index (χ3n) is 1.30. The van der Waals surface area contributed by atoms with Crippen LogP contribution in [0, 0.1) is 16.7 Å². The Morgan fingerprint density at radius 1 is 1.64 bits per heavy atom. The summed E-state index contributed by atoms with van der Waals surface area (Å²) in [6, 6.07) is 5.30. The first kappa shape index (κ1) is 10.2. The molecule has 4 heteroatoms. The summed E-state index contributed by atoms with van der Waals surface area (Å²) in [5, 5.41) is 15.8. The number of hydrogen-bond donors (Lipinski definition) is 1. The van der Waals surface area contributed by atoms with Gasteiger partial charge in [-0.25, -0.2) is 0 Å². The maximum absolute atomic E-state index is 8.46.